The minimum absolute atomic E-state index is 0.0759. The van der Waals surface area contributed by atoms with Crippen LogP contribution in [0.4, 0.5) is 0 Å². The van der Waals surface area contributed by atoms with Crippen molar-refractivity contribution in [1.29, 1.82) is 0 Å². The molecule has 4 rings (SSSR count). The van der Waals surface area contributed by atoms with Gasteiger partial charge in [0.15, 0.2) is 0 Å². The lowest BCUT2D eigenvalue weighted by atomic mass is 9.44. The number of ether oxygens (including phenoxy) is 1. The molecule has 3 unspecified atom stereocenters. The molecule has 5 heteroatoms. The number of nitrogens with two attached hydrogens (primary N) is 1. The predicted octanol–water partition coefficient (Wildman–Crippen LogP) is 6.57. The molecule has 0 amide bonds. The van der Waals surface area contributed by atoms with Gasteiger partial charge in [0.1, 0.15) is 0 Å². The van der Waals surface area contributed by atoms with Gasteiger partial charge in [0.25, 0.3) is 0 Å². The van der Waals surface area contributed by atoms with E-state index >= 15 is 0 Å². The van der Waals surface area contributed by atoms with Gasteiger partial charge in [-0.1, -0.05) is 40.5 Å². The van der Waals surface area contributed by atoms with Gasteiger partial charge in [-0.05, 0) is 136 Å². The van der Waals surface area contributed by atoms with E-state index in [1.807, 2.05) is 0 Å². The topological polar surface area (TPSA) is 84.6 Å². The Morgan fingerprint density at radius 1 is 1.00 bits per heavy atom. The summed E-state index contributed by atoms with van der Waals surface area (Å²) in [5.41, 5.74) is 6.83. The van der Waals surface area contributed by atoms with E-state index in [4.69, 9.17) is 10.5 Å². The van der Waals surface area contributed by atoms with Crippen molar-refractivity contribution in [2.45, 2.75) is 124 Å². The number of fused-ring (bicyclic) bond motifs is 5. The molecule has 39 heavy (non-hydrogen) atoms. The number of hydrogen-bond donors (Lipinski definition) is 3. The second-order valence-electron chi connectivity index (χ2n) is 15.0. The summed E-state index contributed by atoms with van der Waals surface area (Å²) < 4.78 is 5.37. The SMILES string of the molecule is CC(=O)OCC(C)[C@H](CO)C(C[C@@H](C)[C@H]1CC[C@H]2[C@@H]3CCC4CCCC[C@]4(C)[C@H]3CC[C@]12C)NCCCCN. The fourth-order valence-corrected chi connectivity index (χ4v) is 10.9. The van der Waals surface area contributed by atoms with E-state index in [-0.39, 0.29) is 30.5 Å². The summed E-state index contributed by atoms with van der Waals surface area (Å²) in [6.45, 7) is 13.6. The van der Waals surface area contributed by atoms with Crippen LogP contribution in [-0.4, -0.2) is 43.4 Å². The molecule has 0 aromatic heterocycles. The molecule has 0 spiro atoms. The number of hydrogen-bond acceptors (Lipinski definition) is 5. The van der Waals surface area contributed by atoms with Crippen LogP contribution < -0.4 is 11.1 Å². The van der Waals surface area contributed by atoms with Gasteiger partial charge in [-0.25, -0.2) is 0 Å². The highest BCUT2D eigenvalue weighted by Crippen LogP contribution is 2.68. The molecule has 4 N–H and O–H groups in total. The highest BCUT2D eigenvalue weighted by atomic mass is 16.5. The van der Waals surface area contributed by atoms with Crippen molar-refractivity contribution < 1.29 is 14.6 Å². The van der Waals surface area contributed by atoms with E-state index in [9.17, 15) is 9.90 Å². The normalized spacial score (nSPS) is 39.1. The number of rotatable bonds is 13. The Bertz CT molecular complexity index is 790. The number of unbranched alkanes of at least 4 members (excludes halogenated alkanes) is 1. The average molecular weight is 547 g/mol. The van der Waals surface area contributed by atoms with Gasteiger partial charge in [-0.2, -0.15) is 0 Å². The van der Waals surface area contributed by atoms with Crippen LogP contribution in [0.2, 0.25) is 0 Å². The van der Waals surface area contributed by atoms with Crippen molar-refractivity contribution in [2.75, 3.05) is 26.3 Å². The summed E-state index contributed by atoms with van der Waals surface area (Å²) >= 11 is 0. The molecule has 4 saturated carbocycles. The van der Waals surface area contributed by atoms with Crippen LogP contribution in [0.3, 0.4) is 0 Å². The maximum absolute atomic E-state index is 11.5. The number of esters is 1. The molecule has 5 nitrogen and oxygen atoms in total. The first-order valence-corrected chi connectivity index (χ1v) is 16.8. The van der Waals surface area contributed by atoms with Crippen LogP contribution in [0.15, 0.2) is 0 Å². The summed E-state index contributed by atoms with van der Waals surface area (Å²) in [7, 11) is 0. The van der Waals surface area contributed by atoms with Crippen LogP contribution in [0.25, 0.3) is 0 Å². The highest BCUT2D eigenvalue weighted by Gasteiger charge is 2.60. The number of aliphatic hydroxyl groups excluding tert-OH is 1. The maximum atomic E-state index is 11.5. The van der Waals surface area contributed by atoms with Crippen LogP contribution in [0.5, 0.6) is 0 Å². The molecule has 4 aliphatic carbocycles. The Morgan fingerprint density at radius 2 is 1.77 bits per heavy atom. The lowest BCUT2D eigenvalue weighted by Gasteiger charge is -2.61. The first-order valence-electron chi connectivity index (χ1n) is 16.8. The number of carbonyl (C=O) groups excluding carboxylic acids is 1. The zero-order chi connectivity index (χ0) is 28.2. The minimum Gasteiger partial charge on any atom is -0.466 e. The van der Waals surface area contributed by atoms with Gasteiger partial charge in [0, 0.05) is 25.5 Å². The van der Waals surface area contributed by atoms with Gasteiger partial charge in [0.05, 0.1) is 6.61 Å². The third kappa shape index (κ3) is 6.56. The highest BCUT2D eigenvalue weighted by molar-refractivity contribution is 5.65. The van der Waals surface area contributed by atoms with Crippen molar-refractivity contribution in [3.8, 4) is 0 Å². The largest absolute Gasteiger partial charge is 0.466 e. The second-order valence-corrected chi connectivity index (χ2v) is 15.0. The second kappa shape index (κ2) is 13.6. The molecule has 0 heterocycles. The lowest BCUT2D eigenvalue weighted by molar-refractivity contribution is -0.143. The van der Waals surface area contributed by atoms with Crippen LogP contribution in [-0.2, 0) is 9.53 Å². The van der Waals surface area contributed by atoms with Crippen molar-refractivity contribution in [3.63, 3.8) is 0 Å². The van der Waals surface area contributed by atoms with Crippen LogP contribution in [0, 0.1) is 58.2 Å². The Labute approximate surface area is 240 Å². The molecule has 226 valence electrons. The molecular weight excluding hydrogens is 484 g/mol. The van der Waals surface area contributed by atoms with Crippen molar-refractivity contribution in [2.24, 2.45) is 63.9 Å². The van der Waals surface area contributed by atoms with Gasteiger partial charge in [-0.3, -0.25) is 4.79 Å². The van der Waals surface area contributed by atoms with Gasteiger partial charge < -0.3 is 20.9 Å². The molecule has 0 bridgehead atoms. The number of carbonyl (C=O) groups is 1. The zero-order valence-electron chi connectivity index (χ0n) is 26.1. The van der Waals surface area contributed by atoms with Crippen molar-refractivity contribution >= 4 is 5.97 Å². The Morgan fingerprint density at radius 3 is 2.49 bits per heavy atom. The maximum Gasteiger partial charge on any atom is 0.302 e. The molecule has 0 radical (unpaired) electrons. The summed E-state index contributed by atoms with van der Waals surface area (Å²) in [5.74, 6) is 5.12. The Hall–Kier alpha value is -0.650. The third-order valence-electron chi connectivity index (χ3n) is 13.0. The average Bonchev–Trinajstić information content (AvgIpc) is 3.27. The quantitative estimate of drug-likeness (QED) is 0.180. The van der Waals surface area contributed by atoms with E-state index in [0.29, 0.717) is 23.4 Å². The minimum atomic E-state index is -0.240. The fourth-order valence-electron chi connectivity index (χ4n) is 10.9. The smallest absolute Gasteiger partial charge is 0.302 e. The monoisotopic (exact) mass is 546 g/mol. The van der Waals surface area contributed by atoms with Gasteiger partial charge >= 0.3 is 5.97 Å². The summed E-state index contributed by atoms with van der Waals surface area (Å²) in [4.78, 5) is 11.5. The van der Waals surface area contributed by atoms with Gasteiger partial charge in [-0.15, -0.1) is 0 Å². The predicted molar refractivity (Wildman–Crippen MR) is 160 cm³/mol. The molecule has 0 aromatic rings. The fraction of sp³-hybridized carbons (Fsp3) is 0.971. The number of nitrogens with one attached hydrogen (secondary N) is 1. The van der Waals surface area contributed by atoms with E-state index in [0.717, 1.165) is 61.9 Å². The third-order valence-corrected chi connectivity index (χ3v) is 13.0. The van der Waals surface area contributed by atoms with Crippen molar-refractivity contribution in [1.82, 2.24) is 5.32 Å². The molecule has 4 fully saturated rings. The van der Waals surface area contributed by atoms with E-state index in [1.54, 1.807) is 0 Å². The first-order chi connectivity index (χ1) is 18.7. The summed E-state index contributed by atoms with van der Waals surface area (Å²) in [6.07, 6.45) is 17.7. The molecule has 0 saturated heterocycles. The molecule has 0 aliphatic heterocycles. The van der Waals surface area contributed by atoms with Crippen molar-refractivity contribution in [3.05, 3.63) is 0 Å². The van der Waals surface area contributed by atoms with Crippen LogP contribution in [0.1, 0.15) is 118 Å². The number of aliphatic hydroxyl groups is 1. The molecular formula is C34H62N2O3. The van der Waals surface area contributed by atoms with Crippen LogP contribution >= 0.6 is 0 Å². The van der Waals surface area contributed by atoms with E-state index < -0.39 is 0 Å². The lowest BCUT2D eigenvalue weighted by Crippen LogP contribution is -2.53. The summed E-state index contributed by atoms with van der Waals surface area (Å²) in [6, 6.07) is 0.226. The van der Waals surface area contributed by atoms with E-state index in [1.165, 1.54) is 71.1 Å². The first kappa shape index (κ1) is 31.3. The standard InChI is InChI=1S/C34H62N2O3/c1-23(20-32(36-19-9-8-18-35)28(21-37)24(2)22-39-25(3)38)29-13-14-30-27-12-11-26-10-6-7-16-33(26,4)31(27)15-17-34(29,30)5/h23-24,26-32,36-37H,6-22,35H2,1-5H3/t23-,24?,26?,27+,28+,29-,30+,31+,32?,33+,34-/m1/s1. The Kier molecular flexibility index (Phi) is 10.9. The van der Waals surface area contributed by atoms with E-state index in [2.05, 4.69) is 33.0 Å². The molecule has 4 aliphatic rings. The molecule has 0 aromatic carbocycles. The summed E-state index contributed by atoms with van der Waals surface area (Å²) in [5, 5.41) is 14.3. The zero-order valence-corrected chi connectivity index (χ0v) is 26.1. The Balaban J connectivity index is 1.45. The van der Waals surface area contributed by atoms with Gasteiger partial charge in [0.2, 0.25) is 0 Å². The molecule has 11 atom stereocenters.